The summed E-state index contributed by atoms with van der Waals surface area (Å²) in [6, 6.07) is 3.14. The lowest BCUT2D eigenvalue weighted by Crippen LogP contribution is -2.53. The molecule has 1 N–H and O–H groups in total. The number of amides is 1. The molecular formula is C17H14F5I3NO6S-. The number of halogens is 8. The van der Waals surface area contributed by atoms with Gasteiger partial charge in [0.05, 0.1) is 11.5 Å². The van der Waals surface area contributed by atoms with Crippen LogP contribution in [-0.4, -0.2) is 48.4 Å². The quantitative estimate of drug-likeness (QED) is 0.150. The van der Waals surface area contributed by atoms with Crippen LogP contribution in [0.15, 0.2) is 12.1 Å². The highest BCUT2D eigenvalue weighted by molar-refractivity contribution is 14.1. The monoisotopic (exact) mass is 836 g/mol. The normalized spacial score (nSPS) is 20.8. The van der Waals surface area contributed by atoms with Crippen LogP contribution in [0.1, 0.15) is 36.0 Å². The first-order chi connectivity index (χ1) is 14.9. The number of benzene rings is 1. The molecular weight excluding hydrogens is 822 g/mol. The van der Waals surface area contributed by atoms with E-state index in [0.717, 1.165) is 10.7 Å². The van der Waals surface area contributed by atoms with Gasteiger partial charge in [-0.15, -0.1) is 0 Å². The van der Waals surface area contributed by atoms with Crippen molar-refractivity contribution >= 4 is 89.8 Å². The topological polar surface area (TPSA) is 113 Å². The molecule has 1 atom stereocenters. The Hall–Kier alpha value is -0.0900. The summed E-state index contributed by atoms with van der Waals surface area (Å²) in [5, 5.41) is -3.11. The second-order valence-electron chi connectivity index (χ2n) is 7.15. The fourth-order valence-electron chi connectivity index (χ4n) is 3.13. The molecule has 0 saturated heterocycles. The molecule has 0 heterocycles. The van der Waals surface area contributed by atoms with Crippen molar-refractivity contribution in [1.82, 2.24) is 5.32 Å². The smallest absolute Gasteiger partial charge is 0.432 e. The first-order valence-corrected chi connectivity index (χ1v) is 13.7. The molecule has 1 aromatic rings. The highest BCUT2D eigenvalue weighted by atomic mass is 127. The third-order valence-corrected chi connectivity index (χ3v) is 9.35. The van der Waals surface area contributed by atoms with E-state index in [1.807, 2.05) is 28.7 Å². The molecule has 0 radical (unpaired) electrons. The SMILES string of the molecule is O=C(NC1CCC(C(=O)OC(C(F)(F)F)C(F)(F)S(=O)(=O)[O-])CC1)c1cc(I)cc(I)c1I. The zero-order valence-corrected chi connectivity index (χ0v) is 23.4. The van der Waals surface area contributed by atoms with Crippen molar-refractivity contribution in [3.63, 3.8) is 0 Å². The molecule has 1 aliphatic carbocycles. The Balaban J connectivity index is 2.03. The van der Waals surface area contributed by atoms with Crippen LogP contribution in [-0.2, 0) is 19.6 Å². The van der Waals surface area contributed by atoms with Gasteiger partial charge < -0.3 is 14.6 Å². The van der Waals surface area contributed by atoms with E-state index >= 15 is 0 Å². The minimum absolute atomic E-state index is 0.0923. The first kappa shape index (κ1) is 29.1. The fraction of sp³-hybridized carbons (Fsp3) is 0.529. The van der Waals surface area contributed by atoms with E-state index < -0.39 is 45.6 Å². The number of nitrogens with one attached hydrogen (secondary N) is 1. The summed E-state index contributed by atoms with van der Waals surface area (Å²) < 4.78 is 104. The summed E-state index contributed by atoms with van der Waals surface area (Å²) in [5.41, 5.74) is 0.433. The van der Waals surface area contributed by atoms with Gasteiger partial charge in [0.1, 0.15) is 0 Å². The number of alkyl halides is 5. The van der Waals surface area contributed by atoms with Gasteiger partial charge in [0.25, 0.3) is 12.0 Å². The molecule has 1 amide bonds. The second kappa shape index (κ2) is 10.9. The summed E-state index contributed by atoms with van der Waals surface area (Å²) in [7, 11) is -6.75. The molecule has 1 fully saturated rings. The third-order valence-electron chi connectivity index (χ3n) is 4.80. The Morgan fingerprint density at radius 3 is 2.09 bits per heavy atom. The highest BCUT2D eigenvalue weighted by Gasteiger charge is 2.63. The summed E-state index contributed by atoms with van der Waals surface area (Å²) >= 11 is 6.16. The molecule has 1 aliphatic rings. The molecule has 1 unspecified atom stereocenters. The number of esters is 1. The van der Waals surface area contributed by atoms with Gasteiger partial charge in [-0.05, 0) is 106 Å². The number of carbonyl (C=O) groups is 2. The highest BCUT2D eigenvalue weighted by Crippen LogP contribution is 2.39. The molecule has 0 spiro atoms. The van der Waals surface area contributed by atoms with Crippen molar-refractivity contribution < 1.29 is 49.2 Å². The number of ether oxygens (including phenoxy) is 1. The predicted molar refractivity (Wildman–Crippen MR) is 128 cm³/mol. The van der Waals surface area contributed by atoms with Crippen molar-refractivity contribution in [1.29, 1.82) is 0 Å². The van der Waals surface area contributed by atoms with Gasteiger partial charge in [-0.2, -0.15) is 22.0 Å². The van der Waals surface area contributed by atoms with Gasteiger partial charge in [-0.3, -0.25) is 9.59 Å². The summed E-state index contributed by atoms with van der Waals surface area (Å²) in [6.45, 7) is 0. The van der Waals surface area contributed by atoms with E-state index in [-0.39, 0.29) is 31.6 Å². The predicted octanol–water partition coefficient (Wildman–Crippen LogP) is 4.40. The van der Waals surface area contributed by atoms with Crippen molar-refractivity contribution in [3.05, 3.63) is 28.4 Å². The van der Waals surface area contributed by atoms with Gasteiger partial charge in [-0.1, -0.05) is 0 Å². The number of hydrogen-bond acceptors (Lipinski definition) is 6. The summed E-state index contributed by atoms with van der Waals surface area (Å²) in [4.78, 5) is 24.7. The van der Waals surface area contributed by atoms with Crippen LogP contribution in [0.5, 0.6) is 0 Å². The molecule has 1 aromatic carbocycles. The van der Waals surface area contributed by atoms with Crippen LogP contribution < -0.4 is 5.32 Å². The van der Waals surface area contributed by atoms with Crippen LogP contribution in [0.4, 0.5) is 22.0 Å². The molecule has 7 nitrogen and oxygen atoms in total. The first-order valence-electron chi connectivity index (χ1n) is 9.01. The average molecular weight is 836 g/mol. The maximum absolute atomic E-state index is 13.5. The van der Waals surface area contributed by atoms with Gasteiger partial charge in [0.15, 0.2) is 10.1 Å². The van der Waals surface area contributed by atoms with Gasteiger partial charge in [-0.25, -0.2) is 8.42 Å². The van der Waals surface area contributed by atoms with Crippen LogP contribution in [0.2, 0.25) is 0 Å². The second-order valence-corrected chi connectivity index (χ2v) is 12.1. The number of rotatable bonds is 6. The largest absolute Gasteiger partial charge is 0.743 e. The van der Waals surface area contributed by atoms with E-state index in [0.29, 0.717) is 5.56 Å². The zero-order valence-electron chi connectivity index (χ0n) is 16.1. The lowest BCUT2D eigenvalue weighted by atomic mass is 9.86. The Morgan fingerprint density at radius 1 is 1.06 bits per heavy atom. The van der Waals surface area contributed by atoms with Crippen molar-refractivity contribution in [2.75, 3.05) is 0 Å². The maximum atomic E-state index is 13.5. The molecule has 33 heavy (non-hydrogen) atoms. The Bertz CT molecular complexity index is 1030. The van der Waals surface area contributed by atoms with E-state index in [9.17, 15) is 44.5 Å². The lowest BCUT2D eigenvalue weighted by molar-refractivity contribution is -0.261. The van der Waals surface area contributed by atoms with Crippen molar-refractivity contribution in [3.8, 4) is 0 Å². The summed E-state index contributed by atoms with van der Waals surface area (Å²) in [6.07, 6.45) is -10.3. The van der Waals surface area contributed by atoms with Gasteiger partial charge >= 0.3 is 17.4 Å². The summed E-state index contributed by atoms with van der Waals surface area (Å²) in [5.74, 6) is -3.29. The Morgan fingerprint density at radius 2 is 1.61 bits per heavy atom. The Labute approximate surface area is 226 Å². The van der Waals surface area contributed by atoms with Gasteiger partial charge in [0.2, 0.25) is 0 Å². The van der Waals surface area contributed by atoms with E-state index in [1.165, 1.54) is 0 Å². The van der Waals surface area contributed by atoms with Crippen LogP contribution in [0.3, 0.4) is 0 Å². The fourth-order valence-corrected chi connectivity index (χ4v) is 5.97. The molecule has 0 bridgehead atoms. The maximum Gasteiger partial charge on any atom is 0.432 e. The van der Waals surface area contributed by atoms with Gasteiger partial charge in [0, 0.05) is 16.8 Å². The average Bonchev–Trinajstić information content (AvgIpc) is 2.67. The molecule has 16 heteroatoms. The van der Waals surface area contributed by atoms with E-state index in [4.69, 9.17) is 0 Å². The van der Waals surface area contributed by atoms with E-state index in [2.05, 4.69) is 55.2 Å². The molecule has 0 aromatic heterocycles. The zero-order chi connectivity index (χ0) is 25.4. The molecule has 2 rings (SSSR count). The number of carbonyl (C=O) groups excluding carboxylic acids is 2. The Kier molecular flexibility index (Phi) is 9.62. The third kappa shape index (κ3) is 7.21. The standard InChI is InChI=1S/C17H15F5I3NO6S/c18-16(19,20)15(17(21,22)33(29,30)31)32-14(28)7-1-3-9(4-2-7)26-13(27)10-5-8(23)6-11(24)12(10)25/h5-7,9,15H,1-4H2,(H,26,27)(H,29,30,31)/p-1. The van der Waals surface area contributed by atoms with Crippen LogP contribution >= 0.6 is 67.8 Å². The minimum atomic E-state index is -6.75. The molecule has 0 aliphatic heterocycles. The molecule has 186 valence electrons. The lowest BCUT2D eigenvalue weighted by Gasteiger charge is -2.32. The number of hydrogen-bond donors (Lipinski definition) is 1. The van der Waals surface area contributed by atoms with Crippen molar-refractivity contribution in [2.24, 2.45) is 5.92 Å². The van der Waals surface area contributed by atoms with Crippen molar-refractivity contribution in [2.45, 2.75) is 49.3 Å². The van der Waals surface area contributed by atoms with Crippen LogP contribution in [0.25, 0.3) is 0 Å². The van der Waals surface area contributed by atoms with E-state index in [1.54, 1.807) is 6.07 Å². The van der Waals surface area contributed by atoms with Crippen LogP contribution in [0, 0.1) is 16.6 Å². The molecule has 1 saturated carbocycles. The minimum Gasteiger partial charge on any atom is -0.743 e.